The Morgan fingerprint density at radius 2 is 2.18 bits per heavy atom. The zero-order valence-electron chi connectivity index (χ0n) is 7.14. The number of ether oxygens (including phenoxy) is 1. The lowest BCUT2D eigenvalue weighted by molar-refractivity contribution is -0.141. The largest absolute Gasteiger partial charge is 0.466 e. The van der Waals surface area contributed by atoms with Crippen molar-refractivity contribution in [1.82, 2.24) is 0 Å². The first-order chi connectivity index (χ1) is 5.16. The van der Waals surface area contributed by atoms with Crippen molar-refractivity contribution in [1.29, 1.82) is 0 Å². The van der Waals surface area contributed by atoms with Crippen LogP contribution in [0.25, 0.3) is 0 Å². The molecule has 0 unspecified atom stereocenters. The maximum atomic E-state index is 10.3. The average molecular weight is 154 g/mol. The molecule has 0 N–H and O–H groups in total. The number of rotatable bonds is 4. The first-order valence-electron chi connectivity index (χ1n) is 3.65. The van der Waals surface area contributed by atoms with Gasteiger partial charge in [0.2, 0.25) is 0 Å². The molecule has 0 spiro atoms. The van der Waals surface area contributed by atoms with Gasteiger partial charge in [0.15, 0.2) is 0 Å². The number of esters is 1. The summed E-state index contributed by atoms with van der Waals surface area (Å²) in [5.74, 6) is -0.217. The molecule has 0 aliphatic heterocycles. The van der Waals surface area contributed by atoms with Crippen molar-refractivity contribution in [2.24, 2.45) is 0 Å². The number of hydrogen-bond donors (Lipinski definition) is 0. The zero-order chi connectivity index (χ0) is 8.69. The predicted molar refractivity (Wildman–Crippen MR) is 43.7 cm³/mol. The summed E-state index contributed by atoms with van der Waals surface area (Å²) in [5, 5.41) is 0. The van der Waals surface area contributed by atoms with Crippen molar-refractivity contribution in [3.8, 4) is 0 Å². The Hall–Kier alpha value is -1.01. The van der Waals surface area contributed by atoms with Gasteiger partial charge in [-0.3, -0.25) is 4.79 Å². The van der Waals surface area contributed by atoms with E-state index in [9.17, 15) is 4.79 Å². The molecule has 0 aliphatic rings. The normalized spacial score (nSPS) is 10.5. The minimum absolute atomic E-state index is 0.217. The minimum atomic E-state index is -0.217. The van der Waals surface area contributed by atoms with Crippen LogP contribution in [0.4, 0.5) is 0 Å². The van der Waals surface area contributed by atoms with Crippen LogP contribution in [0.5, 0.6) is 0 Å². The number of carbonyl (C=O) groups excluding carboxylic acids is 1. The maximum absolute atomic E-state index is 10.3. The van der Waals surface area contributed by atoms with Gasteiger partial charge in [0, 0.05) is 19.4 Å². The highest BCUT2D eigenvalue weighted by atomic mass is 16.5. The maximum Gasteiger partial charge on any atom is 0.302 e. The Kier molecular flexibility index (Phi) is 5.22. The summed E-state index contributed by atoms with van der Waals surface area (Å²) < 4.78 is 4.74. The second-order valence-corrected chi connectivity index (χ2v) is 2.40. The van der Waals surface area contributed by atoms with Gasteiger partial charge in [-0.2, -0.15) is 0 Å². The van der Waals surface area contributed by atoms with Crippen molar-refractivity contribution < 1.29 is 9.53 Å². The molecule has 0 atom stereocenters. The minimum Gasteiger partial charge on any atom is -0.466 e. The monoisotopic (exact) mass is 154 g/mol. The quantitative estimate of drug-likeness (QED) is 0.351. The third-order valence-corrected chi connectivity index (χ3v) is 1.30. The summed E-state index contributed by atoms with van der Waals surface area (Å²) in [6.45, 7) is 7.37. The fraction of sp³-hybridized carbons (Fsp3) is 0.556. The molecule has 2 nitrogen and oxygen atoms in total. The van der Waals surface area contributed by atoms with E-state index >= 15 is 0 Å². The van der Waals surface area contributed by atoms with E-state index < -0.39 is 0 Å². The highest BCUT2D eigenvalue weighted by Crippen LogP contribution is 2.02. The van der Waals surface area contributed by atoms with E-state index in [1.165, 1.54) is 6.92 Å². The van der Waals surface area contributed by atoms with Gasteiger partial charge in [0.25, 0.3) is 0 Å². The summed E-state index contributed by atoms with van der Waals surface area (Å²) in [5.41, 5.74) is 1.11. The molecule has 0 rings (SSSR count). The van der Waals surface area contributed by atoms with E-state index in [0.29, 0.717) is 6.61 Å². The fourth-order valence-corrected chi connectivity index (χ4v) is 0.642. The molecule has 11 heavy (non-hydrogen) atoms. The predicted octanol–water partition coefficient (Wildman–Crippen LogP) is 1.91. The second kappa shape index (κ2) is 5.75. The van der Waals surface area contributed by atoms with Crippen molar-refractivity contribution in [2.75, 3.05) is 6.61 Å². The summed E-state index contributed by atoms with van der Waals surface area (Å²) in [6, 6.07) is 0. The van der Waals surface area contributed by atoms with Gasteiger partial charge in [-0.15, -0.1) is 0 Å². The van der Waals surface area contributed by atoms with Crippen LogP contribution in [-0.4, -0.2) is 12.6 Å². The molecular formula is C9H14O2. The number of carbonyl (C=O) groups is 1. The van der Waals surface area contributed by atoms with Crippen LogP contribution in [0.15, 0.2) is 5.57 Å². The molecule has 0 radical (unpaired) electrons. The zero-order valence-corrected chi connectivity index (χ0v) is 7.14. The lowest BCUT2D eigenvalue weighted by atomic mass is 10.2. The van der Waals surface area contributed by atoms with Gasteiger partial charge >= 0.3 is 5.97 Å². The molecule has 0 aromatic rings. The van der Waals surface area contributed by atoms with Crippen molar-refractivity contribution in [3.63, 3.8) is 0 Å². The standard InChI is InChI=1S/C9H14O2/c1-4-8(2)6-5-7-11-9(3)10/h1,5-7H2,2-3H3. The van der Waals surface area contributed by atoms with Gasteiger partial charge in [0.1, 0.15) is 0 Å². The lowest BCUT2D eigenvalue weighted by Crippen LogP contribution is -2.00. The molecular weight excluding hydrogens is 140 g/mol. The average Bonchev–Trinajstić information content (AvgIpc) is 1.97. The smallest absolute Gasteiger partial charge is 0.302 e. The molecule has 0 heterocycles. The highest BCUT2D eigenvalue weighted by Gasteiger charge is 1.94. The van der Waals surface area contributed by atoms with Gasteiger partial charge < -0.3 is 4.74 Å². The molecule has 0 saturated heterocycles. The number of hydrogen-bond acceptors (Lipinski definition) is 2. The first kappa shape index (κ1) is 9.99. The molecule has 0 saturated carbocycles. The molecule has 0 amide bonds. The van der Waals surface area contributed by atoms with Crippen LogP contribution < -0.4 is 0 Å². The topological polar surface area (TPSA) is 26.3 Å². The van der Waals surface area contributed by atoms with E-state index in [4.69, 9.17) is 4.74 Å². The molecule has 0 fully saturated rings. The van der Waals surface area contributed by atoms with Crippen LogP contribution in [-0.2, 0) is 9.53 Å². The summed E-state index contributed by atoms with van der Waals surface area (Å²) >= 11 is 0. The van der Waals surface area contributed by atoms with E-state index in [1.807, 2.05) is 6.92 Å². The SMILES string of the molecule is [CH2-]/[C+]=C(/C)CCCOC(C)=O. The van der Waals surface area contributed by atoms with E-state index in [0.717, 1.165) is 18.4 Å². The molecule has 2 heteroatoms. The second-order valence-electron chi connectivity index (χ2n) is 2.40. The van der Waals surface area contributed by atoms with Crippen LogP contribution in [0.3, 0.4) is 0 Å². The summed E-state index contributed by atoms with van der Waals surface area (Å²) in [4.78, 5) is 10.3. The van der Waals surface area contributed by atoms with Crippen LogP contribution in [0.2, 0.25) is 0 Å². The third-order valence-electron chi connectivity index (χ3n) is 1.30. The number of allylic oxidation sites excluding steroid dienone is 2. The Balaban J connectivity index is 3.21. The molecule has 0 aliphatic carbocycles. The van der Waals surface area contributed by atoms with Gasteiger partial charge in [-0.05, 0) is 12.8 Å². The third kappa shape index (κ3) is 6.88. The van der Waals surface area contributed by atoms with E-state index in [1.54, 1.807) is 0 Å². The van der Waals surface area contributed by atoms with E-state index in [-0.39, 0.29) is 5.97 Å². The van der Waals surface area contributed by atoms with Crippen LogP contribution in [0.1, 0.15) is 26.7 Å². The van der Waals surface area contributed by atoms with Crippen molar-refractivity contribution in [3.05, 3.63) is 18.6 Å². The lowest BCUT2D eigenvalue weighted by Gasteiger charge is -2.00. The molecule has 0 bridgehead atoms. The van der Waals surface area contributed by atoms with E-state index in [2.05, 4.69) is 13.0 Å². The van der Waals surface area contributed by atoms with Crippen LogP contribution >= 0.6 is 0 Å². The van der Waals surface area contributed by atoms with Gasteiger partial charge in [-0.25, -0.2) is 0 Å². The Bertz CT molecular complexity index is 148. The fourth-order valence-electron chi connectivity index (χ4n) is 0.642. The van der Waals surface area contributed by atoms with Gasteiger partial charge in [-0.1, -0.05) is 6.92 Å². The Morgan fingerprint density at radius 3 is 2.64 bits per heavy atom. The van der Waals surface area contributed by atoms with Crippen molar-refractivity contribution >= 4 is 5.97 Å². The first-order valence-corrected chi connectivity index (χ1v) is 3.65. The Labute approximate surface area is 68.2 Å². The molecule has 62 valence electrons. The summed E-state index contributed by atoms with van der Waals surface area (Å²) in [7, 11) is 0. The molecule has 0 aromatic carbocycles. The van der Waals surface area contributed by atoms with Crippen molar-refractivity contribution in [2.45, 2.75) is 26.7 Å². The summed E-state index contributed by atoms with van der Waals surface area (Å²) in [6.07, 6.45) is 4.53. The van der Waals surface area contributed by atoms with Gasteiger partial charge in [0.05, 0.1) is 12.7 Å². The molecule has 0 aromatic heterocycles. The van der Waals surface area contributed by atoms with Crippen LogP contribution in [0, 0.1) is 13.0 Å². The Morgan fingerprint density at radius 1 is 1.55 bits per heavy atom. The highest BCUT2D eigenvalue weighted by molar-refractivity contribution is 5.65.